The number of aryl methyl sites for hydroxylation is 1. The first-order valence-corrected chi connectivity index (χ1v) is 10.1. The Morgan fingerprint density at radius 3 is 2.54 bits per heavy atom. The predicted molar refractivity (Wildman–Crippen MR) is 112 cm³/mol. The van der Waals surface area contributed by atoms with E-state index < -0.39 is 0 Å². The van der Waals surface area contributed by atoms with Gasteiger partial charge in [0.2, 0.25) is 0 Å². The van der Waals surface area contributed by atoms with Crippen LogP contribution in [0, 0.1) is 12.8 Å². The van der Waals surface area contributed by atoms with Crippen LogP contribution in [0.3, 0.4) is 0 Å². The minimum absolute atomic E-state index is 0.200. The summed E-state index contributed by atoms with van der Waals surface area (Å²) in [7, 11) is 0. The van der Waals surface area contributed by atoms with E-state index in [-0.39, 0.29) is 5.91 Å². The summed E-state index contributed by atoms with van der Waals surface area (Å²) in [6.45, 7) is 12.2. The van der Waals surface area contributed by atoms with Gasteiger partial charge >= 0.3 is 0 Å². The van der Waals surface area contributed by atoms with Gasteiger partial charge in [-0.05, 0) is 50.8 Å². The summed E-state index contributed by atoms with van der Waals surface area (Å²) in [4.78, 5) is 12.6. The van der Waals surface area contributed by atoms with E-state index in [0.717, 1.165) is 17.1 Å². The summed E-state index contributed by atoms with van der Waals surface area (Å²) in [5.41, 5.74) is 2.15. The first kappa shape index (κ1) is 22.1. The Balaban J connectivity index is 2.00. The Kier molecular flexibility index (Phi) is 8.18. The predicted octanol–water partition coefficient (Wildman–Crippen LogP) is 4.27. The third-order valence-electron chi connectivity index (χ3n) is 4.14. The number of carbonyl (C=O) groups is 1. The molecule has 0 saturated carbocycles. The van der Waals surface area contributed by atoms with Gasteiger partial charge in [0.05, 0.1) is 24.5 Å². The van der Waals surface area contributed by atoms with Crippen LogP contribution in [0.25, 0.3) is 0 Å². The third kappa shape index (κ3) is 5.64. The Morgan fingerprint density at radius 1 is 1.21 bits per heavy atom. The molecule has 1 N–H and O–H groups in total. The van der Waals surface area contributed by atoms with Gasteiger partial charge in [-0.2, -0.15) is 5.10 Å². The maximum Gasteiger partial charge on any atom is 0.256 e. The van der Waals surface area contributed by atoms with Crippen LogP contribution in [0.1, 0.15) is 49.3 Å². The second kappa shape index (κ2) is 10.4. The van der Waals surface area contributed by atoms with Gasteiger partial charge < -0.3 is 14.8 Å². The van der Waals surface area contributed by atoms with Crippen molar-refractivity contribution in [2.75, 3.05) is 19.8 Å². The van der Waals surface area contributed by atoms with E-state index in [9.17, 15) is 4.79 Å². The standard InChI is InChI=1S/C21H30ClN3O3/c1-6-27-17-9-8-16(12-18(17)28-7-2)10-11-23-21(26)19-15(5)24-25(20(19)22)13-14(3)4/h8-9,12,14H,6-7,10-11,13H2,1-5H3,(H,23,26). The van der Waals surface area contributed by atoms with Crippen molar-refractivity contribution < 1.29 is 14.3 Å². The van der Waals surface area contributed by atoms with Crippen molar-refractivity contribution in [1.29, 1.82) is 0 Å². The molecule has 1 aromatic carbocycles. The second-order valence-electron chi connectivity index (χ2n) is 6.98. The number of nitrogens with one attached hydrogen (secondary N) is 1. The van der Waals surface area contributed by atoms with Crippen LogP contribution in [0.2, 0.25) is 5.15 Å². The van der Waals surface area contributed by atoms with Gasteiger partial charge in [0.15, 0.2) is 11.5 Å². The summed E-state index contributed by atoms with van der Waals surface area (Å²) in [5, 5.41) is 7.72. The van der Waals surface area contributed by atoms with Crippen LogP contribution < -0.4 is 14.8 Å². The summed E-state index contributed by atoms with van der Waals surface area (Å²) >= 11 is 6.38. The number of ether oxygens (including phenoxy) is 2. The average molecular weight is 408 g/mol. The van der Waals surface area contributed by atoms with Crippen LogP contribution in [-0.4, -0.2) is 35.4 Å². The molecular formula is C21H30ClN3O3. The first-order chi connectivity index (χ1) is 13.4. The van der Waals surface area contributed by atoms with Crippen LogP contribution in [0.15, 0.2) is 18.2 Å². The summed E-state index contributed by atoms with van der Waals surface area (Å²) in [6, 6.07) is 5.85. The van der Waals surface area contributed by atoms with Gasteiger partial charge in [0.25, 0.3) is 5.91 Å². The van der Waals surface area contributed by atoms with Crippen LogP contribution >= 0.6 is 11.6 Å². The highest BCUT2D eigenvalue weighted by Crippen LogP contribution is 2.28. The number of hydrogen-bond donors (Lipinski definition) is 1. The van der Waals surface area contributed by atoms with E-state index in [1.54, 1.807) is 11.6 Å². The molecule has 154 valence electrons. The fourth-order valence-corrected chi connectivity index (χ4v) is 3.27. The zero-order valence-corrected chi connectivity index (χ0v) is 18.1. The van der Waals surface area contributed by atoms with Gasteiger partial charge in [-0.1, -0.05) is 31.5 Å². The lowest BCUT2D eigenvalue weighted by Crippen LogP contribution is -2.26. The summed E-state index contributed by atoms with van der Waals surface area (Å²) in [5.74, 6) is 1.65. The van der Waals surface area contributed by atoms with Gasteiger partial charge in [-0.15, -0.1) is 0 Å². The Morgan fingerprint density at radius 2 is 1.89 bits per heavy atom. The van der Waals surface area contributed by atoms with E-state index in [2.05, 4.69) is 24.3 Å². The van der Waals surface area contributed by atoms with Crippen LogP contribution in [0.4, 0.5) is 0 Å². The highest BCUT2D eigenvalue weighted by atomic mass is 35.5. The topological polar surface area (TPSA) is 65.4 Å². The van der Waals surface area contributed by atoms with E-state index >= 15 is 0 Å². The van der Waals surface area contributed by atoms with Crippen molar-refractivity contribution in [2.45, 2.75) is 47.6 Å². The van der Waals surface area contributed by atoms with Crippen molar-refractivity contribution >= 4 is 17.5 Å². The molecule has 6 nitrogen and oxygen atoms in total. The molecule has 1 amide bonds. The van der Waals surface area contributed by atoms with E-state index in [0.29, 0.717) is 55.1 Å². The van der Waals surface area contributed by atoms with Crippen molar-refractivity contribution in [3.05, 3.63) is 40.2 Å². The number of hydrogen-bond acceptors (Lipinski definition) is 4. The molecule has 7 heteroatoms. The molecule has 1 aromatic heterocycles. The summed E-state index contributed by atoms with van der Waals surface area (Å²) < 4.78 is 12.9. The number of benzene rings is 1. The van der Waals surface area contributed by atoms with Gasteiger partial charge in [-0.25, -0.2) is 0 Å². The van der Waals surface area contributed by atoms with E-state index in [4.69, 9.17) is 21.1 Å². The molecule has 0 spiro atoms. The smallest absolute Gasteiger partial charge is 0.256 e. The molecule has 0 atom stereocenters. The molecule has 0 unspecified atom stereocenters. The molecule has 0 aliphatic heterocycles. The lowest BCUT2D eigenvalue weighted by molar-refractivity contribution is 0.0953. The Labute approximate surface area is 172 Å². The number of halogens is 1. The number of aromatic nitrogens is 2. The number of amides is 1. The van der Waals surface area contributed by atoms with E-state index in [1.807, 2.05) is 32.0 Å². The molecular weight excluding hydrogens is 378 g/mol. The molecule has 2 rings (SSSR count). The Bertz CT molecular complexity index is 802. The molecule has 0 aliphatic rings. The van der Waals surface area contributed by atoms with Crippen molar-refractivity contribution in [1.82, 2.24) is 15.1 Å². The fourth-order valence-electron chi connectivity index (χ4n) is 2.94. The number of nitrogens with zero attached hydrogens (tertiary/aromatic N) is 2. The maximum absolute atomic E-state index is 12.6. The highest BCUT2D eigenvalue weighted by molar-refractivity contribution is 6.33. The van der Waals surface area contributed by atoms with Crippen molar-refractivity contribution in [3.63, 3.8) is 0 Å². The maximum atomic E-state index is 12.6. The third-order valence-corrected chi connectivity index (χ3v) is 4.52. The molecule has 1 heterocycles. The highest BCUT2D eigenvalue weighted by Gasteiger charge is 2.20. The normalized spacial score (nSPS) is 11.0. The number of rotatable bonds is 10. The molecule has 28 heavy (non-hydrogen) atoms. The zero-order chi connectivity index (χ0) is 20.7. The van der Waals surface area contributed by atoms with Gasteiger partial charge in [0.1, 0.15) is 5.15 Å². The second-order valence-corrected chi connectivity index (χ2v) is 7.34. The minimum Gasteiger partial charge on any atom is -0.490 e. The molecule has 0 bridgehead atoms. The number of carbonyl (C=O) groups excluding carboxylic acids is 1. The SMILES string of the molecule is CCOc1ccc(CCNC(=O)c2c(C)nn(CC(C)C)c2Cl)cc1OCC. The summed E-state index contributed by atoms with van der Waals surface area (Å²) in [6.07, 6.45) is 0.676. The fraction of sp³-hybridized carbons (Fsp3) is 0.524. The molecule has 0 saturated heterocycles. The largest absolute Gasteiger partial charge is 0.490 e. The van der Waals surface area contributed by atoms with Crippen LogP contribution in [0.5, 0.6) is 11.5 Å². The van der Waals surface area contributed by atoms with E-state index in [1.165, 1.54) is 0 Å². The first-order valence-electron chi connectivity index (χ1n) is 9.76. The molecule has 0 aliphatic carbocycles. The monoisotopic (exact) mass is 407 g/mol. The molecule has 0 radical (unpaired) electrons. The lowest BCUT2D eigenvalue weighted by atomic mass is 10.1. The molecule has 0 fully saturated rings. The minimum atomic E-state index is -0.200. The zero-order valence-electron chi connectivity index (χ0n) is 17.3. The lowest BCUT2D eigenvalue weighted by Gasteiger charge is -2.12. The average Bonchev–Trinajstić information content (AvgIpc) is 2.90. The van der Waals surface area contributed by atoms with Crippen LogP contribution in [-0.2, 0) is 13.0 Å². The quantitative estimate of drug-likeness (QED) is 0.638. The molecule has 2 aromatic rings. The Hall–Kier alpha value is -2.21. The van der Waals surface area contributed by atoms with Crippen molar-refractivity contribution in [2.24, 2.45) is 5.92 Å². The van der Waals surface area contributed by atoms with Gasteiger partial charge in [0, 0.05) is 13.1 Å². The van der Waals surface area contributed by atoms with Gasteiger partial charge in [-0.3, -0.25) is 9.48 Å². The van der Waals surface area contributed by atoms with Crippen molar-refractivity contribution in [3.8, 4) is 11.5 Å².